The van der Waals surface area contributed by atoms with Gasteiger partial charge in [0.1, 0.15) is 6.61 Å². The minimum atomic E-state index is -0.598. The van der Waals surface area contributed by atoms with Gasteiger partial charge in [-0.25, -0.2) is 4.79 Å². The van der Waals surface area contributed by atoms with Gasteiger partial charge in [-0.1, -0.05) is 30.3 Å². The lowest BCUT2D eigenvalue weighted by atomic mass is 10.2. The maximum absolute atomic E-state index is 11.3. The molecular weight excluding hydrogens is 248 g/mol. The van der Waals surface area contributed by atoms with Gasteiger partial charge in [-0.05, 0) is 5.56 Å². The average molecular weight is 264 g/mol. The summed E-state index contributed by atoms with van der Waals surface area (Å²) < 4.78 is 4.94. The average Bonchev–Trinajstić information content (AvgIpc) is 2.36. The Balaban J connectivity index is 2.15. The Morgan fingerprint density at radius 2 is 1.84 bits per heavy atom. The third-order valence-electron chi connectivity index (χ3n) is 2.15. The van der Waals surface area contributed by atoms with Gasteiger partial charge in [-0.3, -0.25) is 14.9 Å². The van der Waals surface area contributed by atoms with Crippen LogP contribution in [0.15, 0.2) is 30.3 Å². The van der Waals surface area contributed by atoms with Crippen molar-refractivity contribution in [3.63, 3.8) is 0 Å². The maximum Gasteiger partial charge on any atom is 0.407 e. The normalized spacial score (nSPS) is 9.53. The summed E-state index contributed by atoms with van der Waals surface area (Å²) in [6.45, 7) is 1.54. The number of alkyl carbamates (subject to hydrolysis) is 1. The van der Waals surface area contributed by atoms with E-state index < -0.39 is 17.9 Å². The molecule has 0 aliphatic rings. The zero-order chi connectivity index (χ0) is 14.1. The van der Waals surface area contributed by atoms with E-state index in [1.54, 1.807) is 0 Å². The molecule has 0 aliphatic carbocycles. The molecule has 0 aliphatic heterocycles. The van der Waals surface area contributed by atoms with Crippen molar-refractivity contribution < 1.29 is 19.1 Å². The summed E-state index contributed by atoms with van der Waals surface area (Å²) in [5, 5.41) is 4.53. The maximum atomic E-state index is 11.3. The molecule has 102 valence electrons. The van der Waals surface area contributed by atoms with Crippen molar-refractivity contribution in [2.45, 2.75) is 20.0 Å². The van der Waals surface area contributed by atoms with E-state index in [-0.39, 0.29) is 19.6 Å². The summed E-state index contributed by atoms with van der Waals surface area (Å²) >= 11 is 0. The summed E-state index contributed by atoms with van der Waals surface area (Å²) in [5.41, 5.74) is 0.881. The van der Waals surface area contributed by atoms with Crippen LogP contribution in [0.5, 0.6) is 0 Å². The second-order valence-electron chi connectivity index (χ2n) is 3.84. The fourth-order valence-corrected chi connectivity index (χ4v) is 1.31. The van der Waals surface area contributed by atoms with Crippen LogP contribution in [0, 0.1) is 0 Å². The monoisotopic (exact) mass is 264 g/mol. The van der Waals surface area contributed by atoms with Crippen LogP contribution < -0.4 is 10.6 Å². The molecule has 6 heteroatoms. The number of nitrogens with one attached hydrogen (secondary N) is 2. The fraction of sp³-hybridized carbons (Fsp3) is 0.308. The van der Waals surface area contributed by atoms with Crippen molar-refractivity contribution in [3.8, 4) is 0 Å². The Kier molecular flexibility index (Phi) is 6.08. The van der Waals surface area contributed by atoms with Gasteiger partial charge in [-0.15, -0.1) is 0 Å². The topological polar surface area (TPSA) is 84.5 Å². The second-order valence-corrected chi connectivity index (χ2v) is 3.84. The van der Waals surface area contributed by atoms with Crippen molar-refractivity contribution >= 4 is 17.9 Å². The highest BCUT2D eigenvalue weighted by Gasteiger charge is 2.06. The number of imide groups is 1. The molecule has 3 amide bonds. The molecule has 0 fully saturated rings. The SMILES string of the molecule is CC(=O)NC(=O)CCNC(=O)OCc1ccccc1. The molecule has 2 N–H and O–H groups in total. The number of hydrogen-bond donors (Lipinski definition) is 2. The predicted molar refractivity (Wildman–Crippen MR) is 68.1 cm³/mol. The van der Waals surface area contributed by atoms with Crippen LogP contribution >= 0.6 is 0 Å². The molecule has 1 rings (SSSR count). The first kappa shape index (κ1) is 14.7. The Bertz CT molecular complexity index is 445. The number of amides is 3. The van der Waals surface area contributed by atoms with E-state index in [1.165, 1.54) is 6.92 Å². The molecule has 1 aromatic carbocycles. The third-order valence-corrected chi connectivity index (χ3v) is 2.15. The summed E-state index contributed by atoms with van der Waals surface area (Å²) in [4.78, 5) is 32.9. The van der Waals surface area contributed by atoms with E-state index >= 15 is 0 Å². The minimum absolute atomic E-state index is 0.0278. The highest BCUT2D eigenvalue weighted by molar-refractivity contribution is 5.94. The molecule has 1 aromatic rings. The molecule has 19 heavy (non-hydrogen) atoms. The predicted octanol–water partition coefficient (Wildman–Crippen LogP) is 0.966. The quantitative estimate of drug-likeness (QED) is 0.829. The van der Waals surface area contributed by atoms with Crippen molar-refractivity contribution in [1.82, 2.24) is 10.6 Å². The summed E-state index contributed by atoms with van der Waals surface area (Å²) in [7, 11) is 0. The number of rotatable bonds is 5. The van der Waals surface area contributed by atoms with Crippen LogP contribution in [-0.2, 0) is 20.9 Å². The van der Waals surface area contributed by atoms with Crippen LogP contribution in [0.25, 0.3) is 0 Å². The smallest absolute Gasteiger partial charge is 0.407 e. The van der Waals surface area contributed by atoms with E-state index in [2.05, 4.69) is 10.6 Å². The Hall–Kier alpha value is -2.37. The number of ether oxygens (including phenoxy) is 1. The van der Waals surface area contributed by atoms with Gasteiger partial charge in [0.15, 0.2) is 0 Å². The third kappa shape index (κ3) is 6.82. The number of hydrogen-bond acceptors (Lipinski definition) is 4. The van der Waals surface area contributed by atoms with Crippen LogP contribution in [0.2, 0.25) is 0 Å². The number of carbonyl (C=O) groups excluding carboxylic acids is 3. The summed E-state index contributed by atoms with van der Waals surface area (Å²) in [5.74, 6) is -0.854. The molecule has 0 saturated heterocycles. The molecule has 0 aromatic heterocycles. The molecule has 0 radical (unpaired) electrons. The Labute approximate surface area is 111 Å². The van der Waals surface area contributed by atoms with Gasteiger partial charge in [0.2, 0.25) is 11.8 Å². The minimum Gasteiger partial charge on any atom is -0.445 e. The van der Waals surface area contributed by atoms with E-state index in [9.17, 15) is 14.4 Å². The van der Waals surface area contributed by atoms with Gasteiger partial charge < -0.3 is 10.1 Å². The molecule has 0 heterocycles. The van der Waals surface area contributed by atoms with E-state index in [1.807, 2.05) is 30.3 Å². The van der Waals surface area contributed by atoms with E-state index in [4.69, 9.17) is 4.74 Å². The van der Waals surface area contributed by atoms with Gasteiger partial charge in [-0.2, -0.15) is 0 Å². The fourth-order valence-electron chi connectivity index (χ4n) is 1.31. The number of carbonyl (C=O) groups is 3. The highest BCUT2D eigenvalue weighted by atomic mass is 16.5. The zero-order valence-corrected chi connectivity index (χ0v) is 10.6. The lowest BCUT2D eigenvalue weighted by molar-refractivity contribution is -0.129. The first-order chi connectivity index (χ1) is 9.08. The first-order valence-corrected chi connectivity index (χ1v) is 5.83. The van der Waals surface area contributed by atoms with Crippen LogP contribution in [0.3, 0.4) is 0 Å². The summed E-state index contributed by atoms with van der Waals surface area (Å²) in [6, 6.07) is 9.25. The molecule has 0 unspecified atom stereocenters. The van der Waals surface area contributed by atoms with Crippen LogP contribution in [-0.4, -0.2) is 24.5 Å². The van der Waals surface area contributed by atoms with Gasteiger partial charge in [0.25, 0.3) is 0 Å². The highest BCUT2D eigenvalue weighted by Crippen LogP contribution is 2.00. The Morgan fingerprint density at radius 1 is 1.16 bits per heavy atom. The van der Waals surface area contributed by atoms with Gasteiger partial charge in [0, 0.05) is 19.9 Å². The van der Waals surface area contributed by atoms with Crippen molar-refractivity contribution in [3.05, 3.63) is 35.9 Å². The van der Waals surface area contributed by atoms with E-state index in [0.717, 1.165) is 5.56 Å². The molecule has 6 nitrogen and oxygen atoms in total. The van der Waals surface area contributed by atoms with Crippen molar-refractivity contribution in [1.29, 1.82) is 0 Å². The van der Waals surface area contributed by atoms with Crippen LogP contribution in [0.1, 0.15) is 18.9 Å². The molecule has 0 saturated carbocycles. The lowest BCUT2D eigenvalue weighted by Gasteiger charge is -2.06. The van der Waals surface area contributed by atoms with Gasteiger partial charge in [0.05, 0.1) is 0 Å². The second kappa shape index (κ2) is 7.86. The molecular formula is C13H16N2O4. The standard InChI is InChI=1S/C13H16N2O4/c1-10(16)15-12(17)7-8-14-13(18)19-9-11-5-3-2-4-6-11/h2-6H,7-9H2,1H3,(H,14,18)(H,15,16,17). The van der Waals surface area contributed by atoms with E-state index in [0.29, 0.717) is 0 Å². The lowest BCUT2D eigenvalue weighted by Crippen LogP contribution is -2.33. The summed E-state index contributed by atoms with van der Waals surface area (Å²) in [6.07, 6.45) is -0.570. The van der Waals surface area contributed by atoms with Crippen LogP contribution in [0.4, 0.5) is 4.79 Å². The molecule has 0 spiro atoms. The molecule has 0 bridgehead atoms. The van der Waals surface area contributed by atoms with Crippen molar-refractivity contribution in [2.24, 2.45) is 0 Å². The zero-order valence-electron chi connectivity index (χ0n) is 10.6. The Morgan fingerprint density at radius 3 is 2.47 bits per heavy atom. The van der Waals surface area contributed by atoms with Crippen molar-refractivity contribution in [2.75, 3.05) is 6.54 Å². The largest absolute Gasteiger partial charge is 0.445 e. The van der Waals surface area contributed by atoms with Gasteiger partial charge >= 0.3 is 6.09 Å². The molecule has 0 atom stereocenters. The number of benzene rings is 1. The first-order valence-electron chi connectivity index (χ1n) is 5.83.